The molecule has 0 bridgehead atoms. The van der Waals surface area contributed by atoms with Crippen LogP contribution in [0.1, 0.15) is 79.1 Å². The van der Waals surface area contributed by atoms with E-state index in [0.29, 0.717) is 6.04 Å². The number of rotatable bonds is 1. The number of hydrogen-bond donors (Lipinski definition) is 0. The molecule has 121 valence electrons. The Labute approximate surface area is 141 Å². The zero-order chi connectivity index (χ0) is 14.5. The molecular weight excluding hydrogens is 323 g/mol. The summed E-state index contributed by atoms with van der Waals surface area (Å²) in [5.74, 6) is 2.01. The van der Waals surface area contributed by atoms with Crippen molar-refractivity contribution in [3.63, 3.8) is 0 Å². The molecule has 1 nitrogen and oxygen atoms in total. The van der Waals surface area contributed by atoms with Gasteiger partial charge < -0.3 is 20.3 Å². The fourth-order valence-corrected chi connectivity index (χ4v) is 2.19. The third kappa shape index (κ3) is 16.6. The molecule has 0 aromatic carbocycles. The third-order valence-electron chi connectivity index (χ3n) is 3.69. The van der Waals surface area contributed by atoms with Crippen LogP contribution in [0.15, 0.2) is 3.34 Å². The van der Waals surface area contributed by atoms with Gasteiger partial charge >= 0.3 is 44.1 Å². The van der Waals surface area contributed by atoms with Crippen LogP contribution in [0, 0.1) is 32.1 Å². The largest absolute Gasteiger partial charge is 0.358 e. The first-order valence-electron chi connectivity index (χ1n) is 8.03. The van der Waals surface area contributed by atoms with Gasteiger partial charge in [-0.1, -0.05) is 39.5 Å². The van der Waals surface area contributed by atoms with Gasteiger partial charge in [0.1, 0.15) is 0 Å². The fourth-order valence-electron chi connectivity index (χ4n) is 2.19. The van der Waals surface area contributed by atoms with E-state index in [1.54, 1.807) is 0 Å². The van der Waals surface area contributed by atoms with Gasteiger partial charge in [0.2, 0.25) is 0 Å². The van der Waals surface area contributed by atoms with Crippen LogP contribution in [0.4, 0.5) is 0 Å². The Balaban J connectivity index is 0. The van der Waals surface area contributed by atoms with Gasteiger partial charge in [-0.25, -0.2) is 0 Å². The van der Waals surface area contributed by atoms with Crippen molar-refractivity contribution in [1.29, 1.82) is 0 Å². The minimum Gasteiger partial charge on any atom is -0.358 e. The first-order valence-corrected chi connectivity index (χ1v) is 9.02. The molecule has 0 atom stereocenters. The molecule has 0 saturated heterocycles. The third-order valence-corrected chi connectivity index (χ3v) is 4.82. The minimum atomic E-state index is 0. The Morgan fingerprint density at radius 3 is 1.20 bits per heavy atom. The van der Waals surface area contributed by atoms with Crippen LogP contribution in [0.2, 0.25) is 0 Å². The summed E-state index contributed by atoms with van der Waals surface area (Å²) in [7, 11) is 0. The van der Waals surface area contributed by atoms with Crippen molar-refractivity contribution >= 4 is 0 Å². The molecule has 0 spiro atoms. The molecule has 2 heteroatoms. The summed E-state index contributed by atoms with van der Waals surface area (Å²) in [6, 6.07) is 0.531. The number of nitrogens with zero attached hydrogens (tertiary/aromatic N) is 1. The Morgan fingerprint density at radius 2 is 1.10 bits per heavy atom. The average Bonchev–Trinajstić information content (AvgIpc) is 2.42. The molecular formula is C18H36NNb-3. The van der Waals surface area contributed by atoms with Gasteiger partial charge in [-0.2, -0.15) is 25.7 Å². The molecule has 0 amide bonds. The van der Waals surface area contributed by atoms with E-state index in [1.807, 2.05) is 0 Å². The molecule has 0 aromatic rings. The van der Waals surface area contributed by atoms with Gasteiger partial charge in [0.25, 0.3) is 0 Å². The maximum Gasteiger partial charge on any atom is -0.0491 e. The Morgan fingerprint density at radius 1 is 0.850 bits per heavy atom. The van der Waals surface area contributed by atoms with Crippen molar-refractivity contribution in [3.8, 4) is 0 Å². The van der Waals surface area contributed by atoms with E-state index in [-0.39, 0.29) is 7.43 Å². The van der Waals surface area contributed by atoms with Gasteiger partial charge in [0.05, 0.1) is 0 Å². The van der Waals surface area contributed by atoms with Crippen molar-refractivity contribution in [2.45, 2.75) is 85.1 Å². The van der Waals surface area contributed by atoms with Crippen LogP contribution >= 0.6 is 0 Å². The average molecular weight is 359 g/mol. The molecule has 0 N–H and O–H groups in total. The van der Waals surface area contributed by atoms with E-state index < -0.39 is 0 Å². The van der Waals surface area contributed by atoms with Gasteiger partial charge in [-0.3, -0.25) is 0 Å². The Hall–Kier alpha value is 0.540. The van der Waals surface area contributed by atoms with Gasteiger partial charge in [-0.05, 0) is 11.8 Å². The molecule has 2 saturated carbocycles. The molecule has 0 radical (unpaired) electrons. The predicted octanol–water partition coefficient (Wildman–Crippen LogP) is 6.38. The first-order chi connectivity index (χ1) is 9.06. The van der Waals surface area contributed by atoms with Crippen LogP contribution in [0.3, 0.4) is 0 Å². The maximum atomic E-state index is 3.94. The Kier molecular flexibility index (Phi) is 18.2. The first kappa shape index (κ1) is 22.8. The van der Waals surface area contributed by atoms with Crippen LogP contribution in [0.25, 0.3) is 0 Å². The van der Waals surface area contributed by atoms with E-state index in [4.69, 9.17) is 0 Å². The van der Waals surface area contributed by atoms with Crippen molar-refractivity contribution in [2.24, 2.45) is 15.2 Å². The summed E-state index contributed by atoms with van der Waals surface area (Å²) >= 11 is 1.53. The zero-order valence-electron chi connectivity index (χ0n) is 14.4. The van der Waals surface area contributed by atoms with Crippen molar-refractivity contribution in [1.82, 2.24) is 0 Å². The smallest absolute Gasteiger partial charge is 0.0491 e. The fraction of sp³-hybridized carbons (Fsp3) is 0.833. The second-order valence-electron chi connectivity index (χ2n) is 6.31. The van der Waals surface area contributed by atoms with Crippen LogP contribution in [0.5, 0.6) is 0 Å². The van der Waals surface area contributed by atoms with Crippen LogP contribution in [-0.2, 0) is 20.9 Å². The van der Waals surface area contributed by atoms with Gasteiger partial charge in [0.15, 0.2) is 0 Å². The topological polar surface area (TPSA) is 12.4 Å². The standard InChI is InChI=1S/2C7H13.C3H7N.CH3.Nb/c2*1-7-5-3-2-4-6-7;1-3(2)4;;/h2*2,7H,3-6H2,1H3;3H,1-2H3;1H3;/q2*-1;;-1;. The van der Waals surface area contributed by atoms with E-state index in [1.165, 1.54) is 72.3 Å². The van der Waals surface area contributed by atoms with Gasteiger partial charge in [-0.15, -0.1) is 0 Å². The summed E-state index contributed by atoms with van der Waals surface area (Å²) in [6.45, 7) is 8.82. The van der Waals surface area contributed by atoms with Crippen LogP contribution in [-0.4, -0.2) is 6.04 Å². The Bertz CT molecular complexity index is 176. The number of hydrogen-bond acceptors (Lipinski definition) is 1. The molecule has 2 fully saturated rings. The summed E-state index contributed by atoms with van der Waals surface area (Å²) in [5, 5.41) is 0. The summed E-state index contributed by atoms with van der Waals surface area (Å²) in [4.78, 5) is 0. The second kappa shape index (κ2) is 15.9. The molecule has 2 aliphatic carbocycles. The summed E-state index contributed by atoms with van der Waals surface area (Å²) in [6.07, 6.45) is 16.0. The zero-order valence-corrected chi connectivity index (χ0v) is 16.6. The quantitative estimate of drug-likeness (QED) is 0.381. The van der Waals surface area contributed by atoms with E-state index in [9.17, 15) is 0 Å². The monoisotopic (exact) mass is 359 g/mol. The van der Waals surface area contributed by atoms with Crippen molar-refractivity contribution < 1.29 is 20.9 Å². The normalized spacial score (nSPS) is 19.8. The minimum absolute atomic E-state index is 0. The summed E-state index contributed by atoms with van der Waals surface area (Å²) < 4.78 is 3.94. The molecule has 0 unspecified atom stereocenters. The molecule has 2 rings (SSSR count). The predicted molar refractivity (Wildman–Crippen MR) is 87.8 cm³/mol. The van der Waals surface area contributed by atoms with Crippen molar-refractivity contribution in [2.75, 3.05) is 0 Å². The van der Waals surface area contributed by atoms with Crippen LogP contribution < -0.4 is 0 Å². The molecule has 0 heterocycles. The van der Waals surface area contributed by atoms with E-state index >= 15 is 0 Å². The van der Waals surface area contributed by atoms with Gasteiger partial charge in [0, 0.05) is 0 Å². The molecule has 0 aromatic heterocycles. The second-order valence-corrected chi connectivity index (χ2v) is 6.87. The summed E-state index contributed by atoms with van der Waals surface area (Å²) in [5.41, 5.74) is 0. The molecule has 0 aliphatic heterocycles. The molecule has 20 heavy (non-hydrogen) atoms. The van der Waals surface area contributed by atoms with Crippen molar-refractivity contribution in [3.05, 3.63) is 20.3 Å². The SMILES string of the molecule is CC(C)[N]=[Nb].CC1CC[CH-]CC1.CC1CC[CH-]CC1.[CH3-]. The van der Waals surface area contributed by atoms with E-state index in [0.717, 1.165) is 11.8 Å². The maximum absolute atomic E-state index is 3.94. The van der Waals surface area contributed by atoms with E-state index in [2.05, 4.69) is 43.9 Å². The molecule has 2 aliphatic rings.